The number of carboxylic acids is 1. The summed E-state index contributed by atoms with van der Waals surface area (Å²) < 4.78 is 26.8. The number of carbonyl (C=O) groups is 1. The Morgan fingerprint density at radius 3 is 2.75 bits per heavy atom. The average Bonchev–Trinajstić information content (AvgIpc) is 2.97. The minimum Gasteiger partial charge on any atom is -0.477 e. The van der Waals surface area contributed by atoms with Crippen molar-refractivity contribution < 1.29 is 18.3 Å². The van der Waals surface area contributed by atoms with Gasteiger partial charge in [0.05, 0.1) is 4.90 Å². The maximum Gasteiger partial charge on any atom is 0.345 e. The van der Waals surface area contributed by atoms with Gasteiger partial charge in [-0.2, -0.15) is 0 Å². The normalized spacial score (nSPS) is 13.2. The first-order valence-corrected chi connectivity index (χ1v) is 8.99. The van der Waals surface area contributed by atoms with Gasteiger partial charge >= 0.3 is 5.97 Å². The summed E-state index contributed by atoms with van der Waals surface area (Å²) in [6, 6.07) is 4.78. The zero-order chi connectivity index (χ0) is 14.8. The van der Waals surface area contributed by atoms with Crippen molar-refractivity contribution in [3.63, 3.8) is 0 Å². The molecule has 0 fully saturated rings. The Kier molecular flexibility index (Phi) is 4.59. The predicted molar refractivity (Wildman–Crippen MR) is 79.1 cm³/mol. The molecule has 5 nitrogen and oxygen atoms in total. The first-order chi connectivity index (χ1) is 9.38. The zero-order valence-corrected chi connectivity index (χ0v) is 13.0. The third-order valence-electron chi connectivity index (χ3n) is 2.54. The zero-order valence-electron chi connectivity index (χ0n) is 10.6. The van der Waals surface area contributed by atoms with E-state index in [0.29, 0.717) is 6.42 Å². The second-order valence-corrected chi connectivity index (χ2v) is 7.92. The molecule has 0 spiro atoms. The minimum atomic E-state index is -3.67. The van der Waals surface area contributed by atoms with E-state index >= 15 is 0 Å². The van der Waals surface area contributed by atoms with Gasteiger partial charge in [-0.15, -0.1) is 22.7 Å². The highest BCUT2D eigenvalue weighted by Gasteiger charge is 2.20. The molecule has 2 aromatic rings. The number of rotatable bonds is 6. The van der Waals surface area contributed by atoms with Crippen LogP contribution in [0.1, 0.15) is 21.5 Å². The number of hydrogen-bond donors (Lipinski definition) is 2. The van der Waals surface area contributed by atoms with Gasteiger partial charge < -0.3 is 5.11 Å². The number of sulfonamides is 1. The average molecular weight is 331 g/mol. The lowest BCUT2D eigenvalue weighted by Crippen LogP contribution is -2.33. The molecule has 8 heteroatoms. The Morgan fingerprint density at radius 1 is 1.45 bits per heavy atom. The van der Waals surface area contributed by atoms with E-state index in [1.165, 1.54) is 11.4 Å². The van der Waals surface area contributed by atoms with Crippen LogP contribution in [0.4, 0.5) is 0 Å². The van der Waals surface area contributed by atoms with Crippen LogP contribution in [-0.4, -0.2) is 25.5 Å². The van der Waals surface area contributed by atoms with E-state index in [1.807, 2.05) is 17.5 Å². The van der Waals surface area contributed by atoms with Gasteiger partial charge in [0.15, 0.2) is 0 Å². The highest BCUT2D eigenvalue weighted by atomic mass is 32.2. The van der Waals surface area contributed by atoms with Gasteiger partial charge in [0, 0.05) is 16.3 Å². The van der Waals surface area contributed by atoms with Gasteiger partial charge in [-0.25, -0.2) is 17.9 Å². The van der Waals surface area contributed by atoms with E-state index < -0.39 is 16.0 Å². The lowest BCUT2D eigenvalue weighted by Gasteiger charge is -2.12. The SMILES string of the molecule is CC(Cc1cccs1)NS(=O)(=O)c1csc(C(=O)O)c1. The van der Waals surface area contributed by atoms with Crippen molar-refractivity contribution in [2.24, 2.45) is 0 Å². The Morgan fingerprint density at radius 2 is 2.20 bits per heavy atom. The summed E-state index contributed by atoms with van der Waals surface area (Å²) in [5, 5.41) is 12.1. The fraction of sp³-hybridized carbons (Fsp3) is 0.250. The molecule has 0 aliphatic heterocycles. The van der Waals surface area contributed by atoms with Gasteiger partial charge in [0.25, 0.3) is 0 Å². The molecule has 2 heterocycles. The van der Waals surface area contributed by atoms with Crippen LogP contribution in [0.5, 0.6) is 0 Å². The molecule has 0 bridgehead atoms. The first-order valence-electron chi connectivity index (χ1n) is 5.75. The Bertz CT molecular complexity index is 688. The largest absolute Gasteiger partial charge is 0.477 e. The molecule has 2 rings (SSSR count). The molecule has 0 amide bonds. The summed E-state index contributed by atoms with van der Waals surface area (Å²) in [6.45, 7) is 1.78. The topological polar surface area (TPSA) is 83.5 Å². The van der Waals surface area contributed by atoms with Gasteiger partial charge in [0.1, 0.15) is 4.88 Å². The monoisotopic (exact) mass is 331 g/mol. The van der Waals surface area contributed by atoms with E-state index in [9.17, 15) is 13.2 Å². The summed E-state index contributed by atoms with van der Waals surface area (Å²) in [7, 11) is -3.67. The maximum absolute atomic E-state index is 12.1. The molecular formula is C12H13NO4S3. The van der Waals surface area contributed by atoms with Crippen molar-refractivity contribution in [1.82, 2.24) is 4.72 Å². The van der Waals surface area contributed by atoms with Crippen molar-refractivity contribution in [2.75, 3.05) is 0 Å². The predicted octanol–water partition coefficient (Wildman–Crippen LogP) is 2.42. The Balaban J connectivity index is 2.08. The lowest BCUT2D eigenvalue weighted by atomic mass is 10.2. The summed E-state index contributed by atoms with van der Waals surface area (Å²) >= 11 is 2.47. The van der Waals surface area contributed by atoms with Gasteiger partial charge in [-0.1, -0.05) is 6.07 Å². The van der Waals surface area contributed by atoms with Crippen LogP contribution in [0.3, 0.4) is 0 Å². The molecule has 2 N–H and O–H groups in total. The maximum atomic E-state index is 12.1. The van der Waals surface area contributed by atoms with Crippen molar-refractivity contribution in [2.45, 2.75) is 24.3 Å². The number of carboxylic acid groups (broad SMARTS) is 1. The van der Waals surface area contributed by atoms with Gasteiger partial charge in [-0.05, 0) is 30.9 Å². The van der Waals surface area contributed by atoms with E-state index in [4.69, 9.17) is 5.11 Å². The molecule has 0 aliphatic rings. The smallest absolute Gasteiger partial charge is 0.345 e. The van der Waals surface area contributed by atoms with Crippen LogP contribution in [0.25, 0.3) is 0 Å². The molecule has 0 saturated heterocycles. The second-order valence-electron chi connectivity index (χ2n) is 4.26. The minimum absolute atomic E-state index is 0.00192. The molecule has 108 valence electrons. The third kappa shape index (κ3) is 3.66. The van der Waals surface area contributed by atoms with Gasteiger partial charge in [-0.3, -0.25) is 0 Å². The fourth-order valence-corrected chi connectivity index (χ4v) is 4.87. The van der Waals surface area contributed by atoms with Crippen molar-refractivity contribution in [1.29, 1.82) is 0 Å². The third-order valence-corrected chi connectivity index (χ3v) is 6.08. The molecule has 0 saturated carbocycles. The molecule has 2 aromatic heterocycles. The number of thiophene rings is 2. The number of nitrogens with one attached hydrogen (secondary N) is 1. The lowest BCUT2D eigenvalue weighted by molar-refractivity contribution is 0.0702. The van der Waals surface area contributed by atoms with E-state index in [2.05, 4.69) is 4.72 Å². The number of aromatic carboxylic acids is 1. The summed E-state index contributed by atoms with van der Waals surface area (Å²) in [4.78, 5) is 11.9. The standard InChI is InChI=1S/C12H13NO4S3/c1-8(5-9-3-2-4-18-9)13-20(16,17)10-6-11(12(14)15)19-7-10/h2-4,6-8,13H,5H2,1H3,(H,14,15). The van der Waals surface area contributed by atoms with Crippen molar-refractivity contribution in [3.05, 3.63) is 38.7 Å². The molecule has 1 unspecified atom stereocenters. The molecule has 0 aliphatic carbocycles. The van der Waals surface area contributed by atoms with Gasteiger partial charge in [0.2, 0.25) is 10.0 Å². The van der Waals surface area contributed by atoms with Crippen LogP contribution in [0.2, 0.25) is 0 Å². The van der Waals surface area contributed by atoms with E-state index in [-0.39, 0.29) is 15.8 Å². The summed E-state index contributed by atoms with van der Waals surface area (Å²) in [6.07, 6.45) is 0.604. The summed E-state index contributed by atoms with van der Waals surface area (Å²) in [5.41, 5.74) is 0. The Hall–Kier alpha value is -1.22. The molecule has 1 atom stereocenters. The second kappa shape index (κ2) is 6.04. The fourth-order valence-electron chi connectivity index (χ4n) is 1.68. The van der Waals surface area contributed by atoms with E-state index in [0.717, 1.165) is 16.2 Å². The summed E-state index contributed by atoms with van der Waals surface area (Å²) in [5.74, 6) is -1.12. The highest BCUT2D eigenvalue weighted by Crippen LogP contribution is 2.20. The van der Waals surface area contributed by atoms with Crippen LogP contribution in [0.15, 0.2) is 33.9 Å². The van der Waals surface area contributed by atoms with Crippen LogP contribution in [-0.2, 0) is 16.4 Å². The van der Waals surface area contributed by atoms with Crippen molar-refractivity contribution in [3.8, 4) is 0 Å². The van der Waals surface area contributed by atoms with Crippen molar-refractivity contribution >= 4 is 38.7 Å². The Labute approximate surface area is 124 Å². The quantitative estimate of drug-likeness (QED) is 0.851. The molecule has 0 radical (unpaired) electrons. The molecule has 20 heavy (non-hydrogen) atoms. The van der Waals surface area contributed by atoms with Crippen LogP contribution >= 0.6 is 22.7 Å². The van der Waals surface area contributed by atoms with Crippen LogP contribution < -0.4 is 4.72 Å². The van der Waals surface area contributed by atoms with E-state index in [1.54, 1.807) is 18.3 Å². The molecule has 0 aromatic carbocycles. The first kappa shape index (κ1) is 15.2. The van der Waals surface area contributed by atoms with Crippen LogP contribution in [0, 0.1) is 0 Å². The highest BCUT2D eigenvalue weighted by molar-refractivity contribution is 7.89. The number of hydrogen-bond acceptors (Lipinski definition) is 5. The molecular weight excluding hydrogens is 318 g/mol.